The van der Waals surface area contributed by atoms with Crippen molar-refractivity contribution in [1.82, 2.24) is 19.5 Å². The van der Waals surface area contributed by atoms with Crippen molar-refractivity contribution in [2.75, 3.05) is 18.9 Å². The summed E-state index contributed by atoms with van der Waals surface area (Å²) < 4.78 is 12.1. The zero-order valence-corrected chi connectivity index (χ0v) is 9.24. The highest BCUT2D eigenvalue weighted by molar-refractivity contribution is 5.70. The number of nitrogens with zero attached hydrogens (tertiary/aromatic N) is 3. The zero-order chi connectivity index (χ0) is 12.7. The molecule has 9 nitrogen and oxygen atoms in total. The van der Waals surface area contributed by atoms with E-state index in [0.717, 1.165) is 0 Å². The van der Waals surface area contributed by atoms with Gasteiger partial charge in [0.05, 0.1) is 19.5 Å². The van der Waals surface area contributed by atoms with Gasteiger partial charge in [0.25, 0.3) is 5.56 Å². The van der Waals surface area contributed by atoms with Gasteiger partial charge in [-0.05, 0) is 0 Å². The number of aliphatic hydroxyl groups is 1. The molecule has 0 aromatic carbocycles. The highest BCUT2D eigenvalue weighted by Gasteiger charge is 2.28. The highest BCUT2D eigenvalue weighted by atomic mass is 16.7. The molecule has 96 valence electrons. The molecule has 0 spiro atoms. The van der Waals surface area contributed by atoms with Crippen LogP contribution in [0.4, 0.5) is 5.95 Å². The summed E-state index contributed by atoms with van der Waals surface area (Å²) in [7, 11) is 0. The molecule has 2 aromatic rings. The van der Waals surface area contributed by atoms with Gasteiger partial charge in [0, 0.05) is 0 Å². The third kappa shape index (κ3) is 1.65. The SMILES string of the molecule is Nc1nc2c(ncn2[C@H]2CO[C@H](CO)O2)c(=O)[nH]1. The van der Waals surface area contributed by atoms with Crippen LogP contribution in [0.3, 0.4) is 0 Å². The van der Waals surface area contributed by atoms with Gasteiger partial charge in [0.15, 0.2) is 23.7 Å². The molecule has 0 unspecified atom stereocenters. The van der Waals surface area contributed by atoms with Crippen molar-refractivity contribution in [3.05, 3.63) is 16.7 Å². The van der Waals surface area contributed by atoms with Gasteiger partial charge in [-0.15, -0.1) is 0 Å². The summed E-state index contributed by atoms with van der Waals surface area (Å²) in [5.41, 5.74) is 5.58. The van der Waals surface area contributed by atoms with Gasteiger partial charge in [-0.1, -0.05) is 0 Å². The van der Waals surface area contributed by atoms with Crippen LogP contribution in [0.15, 0.2) is 11.1 Å². The maximum Gasteiger partial charge on any atom is 0.280 e. The average Bonchev–Trinajstić information content (AvgIpc) is 2.93. The van der Waals surface area contributed by atoms with Crippen LogP contribution in [0.1, 0.15) is 6.23 Å². The Kier molecular flexibility index (Phi) is 2.51. The average molecular weight is 253 g/mol. The summed E-state index contributed by atoms with van der Waals surface area (Å²) in [4.78, 5) is 21.9. The Morgan fingerprint density at radius 1 is 1.67 bits per heavy atom. The molecule has 0 radical (unpaired) electrons. The lowest BCUT2D eigenvalue weighted by molar-refractivity contribution is -0.0980. The van der Waals surface area contributed by atoms with Crippen LogP contribution in [0.25, 0.3) is 11.2 Å². The Morgan fingerprint density at radius 2 is 2.50 bits per heavy atom. The second-order valence-corrected chi connectivity index (χ2v) is 3.81. The number of aliphatic hydroxyl groups excluding tert-OH is 1. The molecule has 0 aliphatic carbocycles. The van der Waals surface area contributed by atoms with E-state index in [1.54, 1.807) is 4.57 Å². The van der Waals surface area contributed by atoms with Crippen molar-refractivity contribution in [3.63, 3.8) is 0 Å². The van der Waals surface area contributed by atoms with Crippen molar-refractivity contribution in [2.45, 2.75) is 12.5 Å². The van der Waals surface area contributed by atoms with E-state index >= 15 is 0 Å². The van der Waals surface area contributed by atoms with Crippen molar-refractivity contribution < 1.29 is 14.6 Å². The van der Waals surface area contributed by atoms with E-state index in [0.29, 0.717) is 5.65 Å². The second-order valence-electron chi connectivity index (χ2n) is 3.81. The monoisotopic (exact) mass is 253 g/mol. The summed E-state index contributed by atoms with van der Waals surface area (Å²) in [5, 5.41) is 8.92. The number of rotatable bonds is 2. The topological polar surface area (TPSA) is 128 Å². The fourth-order valence-electron chi connectivity index (χ4n) is 1.84. The lowest BCUT2D eigenvalue weighted by Crippen LogP contribution is -2.16. The van der Waals surface area contributed by atoms with E-state index in [-0.39, 0.29) is 24.7 Å². The summed E-state index contributed by atoms with van der Waals surface area (Å²) in [5.74, 6) is 0.00636. The number of anilines is 1. The van der Waals surface area contributed by atoms with E-state index in [9.17, 15) is 4.79 Å². The molecule has 1 fully saturated rings. The summed E-state index contributed by atoms with van der Waals surface area (Å²) in [6.45, 7) is 0.00432. The first-order valence-corrected chi connectivity index (χ1v) is 5.29. The standard InChI is InChI=1S/C9H11N5O4/c10-9-12-7-6(8(16)13-9)11-3-14(7)4-2-17-5(1-15)18-4/h3-5,15H,1-2H2,(H3,10,12,13,16)/t4-,5+/m1/s1. The zero-order valence-electron chi connectivity index (χ0n) is 9.24. The quantitative estimate of drug-likeness (QED) is 0.598. The Hall–Kier alpha value is -1.97. The molecule has 1 saturated heterocycles. The molecular formula is C9H11N5O4. The smallest absolute Gasteiger partial charge is 0.280 e. The summed E-state index contributed by atoms with van der Waals surface area (Å²) in [6.07, 6.45) is 0.271. The van der Waals surface area contributed by atoms with Crippen molar-refractivity contribution in [3.8, 4) is 0 Å². The van der Waals surface area contributed by atoms with E-state index in [1.165, 1.54) is 6.33 Å². The van der Waals surface area contributed by atoms with Gasteiger partial charge in [-0.25, -0.2) is 4.98 Å². The van der Waals surface area contributed by atoms with Crippen LogP contribution in [0.2, 0.25) is 0 Å². The minimum absolute atomic E-state index is 0.00636. The maximum absolute atomic E-state index is 11.6. The number of imidazole rings is 1. The molecule has 18 heavy (non-hydrogen) atoms. The van der Waals surface area contributed by atoms with Gasteiger partial charge in [-0.2, -0.15) is 4.98 Å². The predicted octanol–water partition coefficient (Wildman–Crippen LogP) is -1.43. The molecule has 0 amide bonds. The lowest BCUT2D eigenvalue weighted by Gasteiger charge is -2.11. The Labute approximate surface area is 100 Å². The first-order chi connectivity index (χ1) is 8.69. The molecule has 0 bridgehead atoms. The number of nitrogens with two attached hydrogens (primary N) is 1. The lowest BCUT2D eigenvalue weighted by atomic mass is 10.5. The molecule has 3 heterocycles. The first-order valence-electron chi connectivity index (χ1n) is 5.29. The van der Waals surface area contributed by atoms with Gasteiger partial charge < -0.3 is 20.3 Å². The minimum Gasteiger partial charge on any atom is -0.391 e. The molecular weight excluding hydrogens is 242 g/mol. The van der Waals surface area contributed by atoms with Gasteiger partial charge in [-0.3, -0.25) is 14.3 Å². The number of fused-ring (bicyclic) bond motifs is 1. The fraction of sp³-hybridized carbons (Fsp3) is 0.444. The molecule has 1 aliphatic heterocycles. The predicted molar refractivity (Wildman–Crippen MR) is 59.5 cm³/mol. The number of aromatic amines is 1. The molecule has 2 atom stereocenters. The highest BCUT2D eigenvalue weighted by Crippen LogP contribution is 2.23. The van der Waals surface area contributed by atoms with Crippen molar-refractivity contribution in [2.24, 2.45) is 0 Å². The van der Waals surface area contributed by atoms with Crippen LogP contribution < -0.4 is 11.3 Å². The second kappa shape index (κ2) is 4.05. The van der Waals surface area contributed by atoms with Crippen LogP contribution in [-0.2, 0) is 9.47 Å². The van der Waals surface area contributed by atoms with E-state index in [2.05, 4.69) is 15.0 Å². The maximum atomic E-state index is 11.6. The molecule has 9 heteroatoms. The normalized spacial score (nSPS) is 23.8. The van der Waals surface area contributed by atoms with Crippen LogP contribution in [0, 0.1) is 0 Å². The van der Waals surface area contributed by atoms with E-state index < -0.39 is 18.1 Å². The Balaban J connectivity index is 2.05. The van der Waals surface area contributed by atoms with Gasteiger partial charge in [0.2, 0.25) is 5.95 Å². The third-order valence-electron chi connectivity index (χ3n) is 2.64. The number of ether oxygens (including phenoxy) is 2. The first kappa shape index (κ1) is 11.1. The van der Waals surface area contributed by atoms with Crippen molar-refractivity contribution in [1.29, 1.82) is 0 Å². The largest absolute Gasteiger partial charge is 0.391 e. The van der Waals surface area contributed by atoms with Gasteiger partial charge >= 0.3 is 0 Å². The van der Waals surface area contributed by atoms with E-state index in [4.69, 9.17) is 20.3 Å². The molecule has 3 rings (SSSR count). The van der Waals surface area contributed by atoms with Gasteiger partial charge in [0.1, 0.15) is 0 Å². The number of nitrogens with one attached hydrogen (secondary N) is 1. The molecule has 4 N–H and O–H groups in total. The van der Waals surface area contributed by atoms with Crippen molar-refractivity contribution >= 4 is 17.1 Å². The third-order valence-corrected chi connectivity index (χ3v) is 2.64. The van der Waals surface area contributed by atoms with Crippen LogP contribution >= 0.6 is 0 Å². The number of aromatic nitrogens is 4. The number of nitrogen functional groups attached to an aromatic ring is 1. The van der Waals surface area contributed by atoms with E-state index in [1.807, 2.05) is 0 Å². The summed E-state index contributed by atoms with van der Waals surface area (Å²) in [6, 6.07) is 0. The molecule has 2 aromatic heterocycles. The Bertz CT molecular complexity index is 635. The van der Waals surface area contributed by atoms with Crippen LogP contribution in [-0.4, -0.2) is 44.1 Å². The number of H-pyrrole nitrogens is 1. The number of hydrogen-bond acceptors (Lipinski definition) is 7. The van der Waals surface area contributed by atoms with Crippen LogP contribution in [0.5, 0.6) is 0 Å². The fourth-order valence-corrected chi connectivity index (χ4v) is 1.84. The Morgan fingerprint density at radius 3 is 3.22 bits per heavy atom. The number of hydrogen-bond donors (Lipinski definition) is 3. The summed E-state index contributed by atoms with van der Waals surface area (Å²) >= 11 is 0. The minimum atomic E-state index is -0.674. The molecule has 0 saturated carbocycles. The molecule has 1 aliphatic rings.